The molecule has 110 valence electrons. The second kappa shape index (κ2) is 6.40. The van der Waals surface area contributed by atoms with Crippen molar-refractivity contribution in [1.29, 1.82) is 0 Å². The highest BCUT2D eigenvalue weighted by molar-refractivity contribution is 5.93. The molecule has 1 N–H and O–H groups in total. The van der Waals surface area contributed by atoms with E-state index in [1.807, 2.05) is 0 Å². The van der Waals surface area contributed by atoms with E-state index in [9.17, 15) is 22.8 Å². The van der Waals surface area contributed by atoms with Gasteiger partial charge in [-0.3, -0.25) is 9.59 Å². The van der Waals surface area contributed by atoms with Crippen molar-refractivity contribution in [3.05, 3.63) is 29.8 Å². The molecule has 0 fully saturated rings. The molecular formula is C13H14F3NO3. The number of benzene rings is 1. The van der Waals surface area contributed by atoms with Crippen LogP contribution in [0.15, 0.2) is 24.3 Å². The maximum atomic E-state index is 12.4. The molecule has 0 saturated carbocycles. The lowest BCUT2D eigenvalue weighted by Crippen LogP contribution is -2.32. The van der Waals surface area contributed by atoms with Gasteiger partial charge in [-0.15, -0.1) is 0 Å². The molecule has 0 heterocycles. The first kappa shape index (κ1) is 16.0. The standard InChI is InChI=1S/C13H14F3NO3/c1-2-11(18)17(8-7-12(19)20)10-5-3-9(4-6-10)13(14,15)16/h3-6H,2,7-8H2,1H3,(H,19,20). The van der Waals surface area contributed by atoms with Crippen LogP contribution >= 0.6 is 0 Å². The normalized spacial score (nSPS) is 11.2. The third kappa shape index (κ3) is 4.25. The number of anilines is 1. The van der Waals surface area contributed by atoms with Crippen molar-refractivity contribution in [2.24, 2.45) is 0 Å². The van der Waals surface area contributed by atoms with E-state index in [0.29, 0.717) is 0 Å². The lowest BCUT2D eigenvalue weighted by molar-refractivity contribution is -0.138. The molecule has 0 aliphatic heterocycles. The number of amides is 1. The quantitative estimate of drug-likeness (QED) is 0.906. The molecule has 0 spiro atoms. The first-order chi connectivity index (χ1) is 9.25. The summed E-state index contributed by atoms with van der Waals surface area (Å²) in [5.41, 5.74) is -0.561. The molecule has 1 amide bonds. The number of carboxylic acid groups (broad SMARTS) is 1. The van der Waals surface area contributed by atoms with Crippen LogP contribution < -0.4 is 4.90 Å². The minimum Gasteiger partial charge on any atom is -0.481 e. The van der Waals surface area contributed by atoms with Gasteiger partial charge >= 0.3 is 12.1 Å². The van der Waals surface area contributed by atoms with E-state index in [2.05, 4.69) is 0 Å². The molecule has 0 radical (unpaired) electrons. The summed E-state index contributed by atoms with van der Waals surface area (Å²) in [4.78, 5) is 23.4. The van der Waals surface area contributed by atoms with Crippen LogP contribution in [0.4, 0.5) is 18.9 Å². The van der Waals surface area contributed by atoms with Gasteiger partial charge in [0.05, 0.1) is 12.0 Å². The topological polar surface area (TPSA) is 57.6 Å². The van der Waals surface area contributed by atoms with Gasteiger partial charge in [0.15, 0.2) is 0 Å². The SMILES string of the molecule is CCC(=O)N(CCC(=O)O)c1ccc(C(F)(F)F)cc1. The zero-order valence-corrected chi connectivity index (χ0v) is 10.8. The van der Waals surface area contributed by atoms with Gasteiger partial charge in [-0.25, -0.2) is 0 Å². The first-order valence-corrected chi connectivity index (χ1v) is 5.95. The summed E-state index contributed by atoms with van der Waals surface area (Å²) in [7, 11) is 0. The Morgan fingerprint density at radius 2 is 1.75 bits per heavy atom. The van der Waals surface area contributed by atoms with Crippen molar-refractivity contribution in [2.75, 3.05) is 11.4 Å². The molecule has 0 bridgehead atoms. The van der Waals surface area contributed by atoms with Gasteiger partial charge in [0.25, 0.3) is 0 Å². The van der Waals surface area contributed by atoms with Crippen LogP contribution in [0.1, 0.15) is 25.3 Å². The molecule has 0 saturated heterocycles. The fourth-order valence-electron chi connectivity index (χ4n) is 1.63. The molecule has 1 aromatic rings. The Kier molecular flexibility index (Phi) is 5.12. The Balaban J connectivity index is 2.96. The minimum atomic E-state index is -4.45. The predicted molar refractivity (Wildman–Crippen MR) is 66.3 cm³/mol. The lowest BCUT2D eigenvalue weighted by Gasteiger charge is -2.22. The van der Waals surface area contributed by atoms with Crippen molar-refractivity contribution in [1.82, 2.24) is 0 Å². The molecule has 1 rings (SSSR count). The predicted octanol–water partition coefficient (Wildman–Crippen LogP) is 2.92. The van der Waals surface area contributed by atoms with Crippen molar-refractivity contribution < 1.29 is 27.9 Å². The molecule has 4 nitrogen and oxygen atoms in total. The highest BCUT2D eigenvalue weighted by Crippen LogP contribution is 2.30. The first-order valence-electron chi connectivity index (χ1n) is 5.95. The van der Waals surface area contributed by atoms with E-state index in [1.165, 1.54) is 4.90 Å². The summed E-state index contributed by atoms with van der Waals surface area (Å²) < 4.78 is 37.3. The third-order valence-corrected chi connectivity index (χ3v) is 2.66. The van der Waals surface area contributed by atoms with Gasteiger partial charge in [-0.1, -0.05) is 6.92 Å². The zero-order chi connectivity index (χ0) is 15.3. The van der Waals surface area contributed by atoms with Gasteiger partial charge in [-0.05, 0) is 24.3 Å². The molecule has 0 aromatic heterocycles. The number of aliphatic carboxylic acids is 1. The number of rotatable bonds is 5. The number of hydrogen-bond acceptors (Lipinski definition) is 2. The van der Waals surface area contributed by atoms with Crippen LogP contribution in [0.25, 0.3) is 0 Å². The average Bonchev–Trinajstić information content (AvgIpc) is 2.37. The van der Waals surface area contributed by atoms with Crippen LogP contribution in [-0.4, -0.2) is 23.5 Å². The molecule has 1 aromatic carbocycles. The number of halogens is 3. The van der Waals surface area contributed by atoms with Crippen LogP contribution in [0.5, 0.6) is 0 Å². The average molecular weight is 289 g/mol. The third-order valence-electron chi connectivity index (χ3n) is 2.66. The van der Waals surface area contributed by atoms with Gasteiger partial charge in [0, 0.05) is 18.7 Å². The van der Waals surface area contributed by atoms with Gasteiger partial charge < -0.3 is 10.0 Å². The van der Waals surface area contributed by atoms with E-state index >= 15 is 0 Å². The van der Waals surface area contributed by atoms with E-state index in [-0.39, 0.29) is 31.0 Å². The Morgan fingerprint density at radius 1 is 1.20 bits per heavy atom. The molecule has 0 aliphatic rings. The zero-order valence-electron chi connectivity index (χ0n) is 10.8. The summed E-state index contributed by atoms with van der Waals surface area (Å²) in [5.74, 6) is -1.42. The number of carbonyl (C=O) groups is 2. The summed E-state index contributed by atoms with van der Waals surface area (Å²) >= 11 is 0. The van der Waals surface area contributed by atoms with Crippen LogP contribution in [0.3, 0.4) is 0 Å². The fourth-order valence-corrected chi connectivity index (χ4v) is 1.63. The largest absolute Gasteiger partial charge is 0.481 e. The van der Waals surface area contributed by atoms with Gasteiger partial charge in [0.1, 0.15) is 0 Å². The Morgan fingerprint density at radius 3 is 2.15 bits per heavy atom. The van der Waals surface area contributed by atoms with Crippen LogP contribution in [0, 0.1) is 0 Å². The Hall–Kier alpha value is -2.05. The van der Waals surface area contributed by atoms with Gasteiger partial charge in [0.2, 0.25) is 5.91 Å². The minimum absolute atomic E-state index is 0.0760. The molecule has 7 heteroatoms. The van der Waals surface area contributed by atoms with Crippen molar-refractivity contribution in [3.8, 4) is 0 Å². The number of alkyl halides is 3. The molecule has 0 aliphatic carbocycles. The van der Waals surface area contributed by atoms with E-state index in [0.717, 1.165) is 24.3 Å². The number of carbonyl (C=O) groups excluding carboxylic acids is 1. The summed E-state index contributed by atoms with van der Waals surface area (Å²) in [5, 5.41) is 8.63. The molecule has 0 atom stereocenters. The van der Waals surface area contributed by atoms with Crippen molar-refractivity contribution >= 4 is 17.6 Å². The van der Waals surface area contributed by atoms with Crippen LogP contribution in [0.2, 0.25) is 0 Å². The number of carboxylic acids is 1. The molecular weight excluding hydrogens is 275 g/mol. The smallest absolute Gasteiger partial charge is 0.416 e. The van der Waals surface area contributed by atoms with E-state index < -0.39 is 17.7 Å². The van der Waals surface area contributed by atoms with Gasteiger partial charge in [-0.2, -0.15) is 13.2 Å². The second-order valence-electron chi connectivity index (χ2n) is 4.09. The van der Waals surface area contributed by atoms with Crippen molar-refractivity contribution in [3.63, 3.8) is 0 Å². The lowest BCUT2D eigenvalue weighted by atomic mass is 10.1. The highest BCUT2D eigenvalue weighted by Gasteiger charge is 2.30. The number of hydrogen-bond donors (Lipinski definition) is 1. The second-order valence-corrected chi connectivity index (χ2v) is 4.09. The summed E-state index contributed by atoms with van der Waals surface area (Å²) in [6.07, 6.45) is -4.58. The van der Waals surface area contributed by atoms with Crippen molar-refractivity contribution in [2.45, 2.75) is 25.9 Å². The van der Waals surface area contributed by atoms with E-state index in [1.54, 1.807) is 6.92 Å². The summed E-state index contributed by atoms with van der Waals surface area (Å²) in [6, 6.07) is 4.06. The monoisotopic (exact) mass is 289 g/mol. The van der Waals surface area contributed by atoms with E-state index in [4.69, 9.17) is 5.11 Å². The maximum Gasteiger partial charge on any atom is 0.416 e. The molecule has 20 heavy (non-hydrogen) atoms. The fraction of sp³-hybridized carbons (Fsp3) is 0.385. The summed E-state index contributed by atoms with van der Waals surface area (Å²) in [6.45, 7) is 1.52. The number of nitrogens with zero attached hydrogens (tertiary/aromatic N) is 1. The maximum absolute atomic E-state index is 12.4. The van der Waals surface area contributed by atoms with Crippen LogP contribution in [-0.2, 0) is 15.8 Å². The Bertz CT molecular complexity index is 483. The molecule has 0 unspecified atom stereocenters. The highest BCUT2D eigenvalue weighted by atomic mass is 19.4. The Labute approximate surface area is 113 Å².